The lowest BCUT2D eigenvalue weighted by molar-refractivity contribution is 0.472. The highest BCUT2D eigenvalue weighted by Gasteiger charge is 2.20. The number of sulfonamides is 1. The molecule has 0 amide bonds. The van der Waals surface area contributed by atoms with Crippen molar-refractivity contribution in [2.75, 3.05) is 0 Å². The normalized spacial score (nSPS) is 13.2. The van der Waals surface area contributed by atoms with E-state index in [0.717, 1.165) is 23.1 Å². The van der Waals surface area contributed by atoms with Crippen molar-refractivity contribution in [2.45, 2.75) is 39.0 Å². The third-order valence-electron chi connectivity index (χ3n) is 3.71. The van der Waals surface area contributed by atoms with E-state index in [2.05, 4.69) is 18.6 Å². The summed E-state index contributed by atoms with van der Waals surface area (Å²) in [6.45, 7) is 6.19. The van der Waals surface area contributed by atoms with Gasteiger partial charge in [0.2, 0.25) is 10.0 Å². The fraction of sp³-hybridized carbons (Fsp3) is 0.368. The maximum atomic E-state index is 12.5. The number of benzene rings is 2. The largest absolute Gasteiger partial charge is 0.216 e. The van der Waals surface area contributed by atoms with Gasteiger partial charge in [0.05, 0.1) is 5.75 Å². The molecule has 4 heteroatoms. The first-order chi connectivity index (χ1) is 10.9. The molecule has 1 N–H and O–H groups in total. The summed E-state index contributed by atoms with van der Waals surface area (Å²) in [5.74, 6) is 0.414. The summed E-state index contributed by atoms with van der Waals surface area (Å²) in [5, 5.41) is 0. The highest BCUT2D eigenvalue weighted by Crippen LogP contribution is 2.22. The average Bonchev–Trinajstić information content (AvgIpc) is 2.49. The fourth-order valence-corrected chi connectivity index (χ4v) is 3.95. The smallest absolute Gasteiger partial charge is 0.212 e. The number of nitrogens with one attached hydrogen (secondary N) is 1. The second-order valence-corrected chi connectivity index (χ2v) is 8.21. The molecular formula is C19H25NO2S. The summed E-state index contributed by atoms with van der Waals surface area (Å²) in [7, 11) is -3.39. The zero-order chi connectivity index (χ0) is 16.9. The number of hydrogen-bond donors (Lipinski definition) is 1. The van der Waals surface area contributed by atoms with Gasteiger partial charge in [0.25, 0.3) is 0 Å². The monoisotopic (exact) mass is 331 g/mol. The number of rotatable bonds is 7. The van der Waals surface area contributed by atoms with Crippen LogP contribution in [0, 0.1) is 12.8 Å². The molecule has 2 rings (SSSR count). The molecule has 0 saturated carbocycles. The van der Waals surface area contributed by atoms with Crippen molar-refractivity contribution >= 4 is 10.0 Å². The van der Waals surface area contributed by atoms with Crippen LogP contribution in [0.15, 0.2) is 54.6 Å². The van der Waals surface area contributed by atoms with Crippen molar-refractivity contribution in [1.82, 2.24) is 4.72 Å². The van der Waals surface area contributed by atoms with E-state index in [0.29, 0.717) is 5.92 Å². The Balaban J connectivity index is 2.15. The Hall–Kier alpha value is -1.65. The van der Waals surface area contributed by atoms with Gasteiger partial charge in [-0.2, -0.15) is 0 Å². The van der Waals surface area contributed by atoms with Crippen molar-refractivity contribution in [3.05, 3.63) is 71.3 Å². The SMILES string of the molecule is Cc1ccc(CS(=O)(=O)NC(CC(C)C)c2ccccc2)cc1. The summed E-state index contributed by atoms with van der Waals surface area (Å²) >= 11 is 0. The molecule has 1 unspecified atom stereocenters. The first-order valence-electron chi connectivity index (χ1n) is 7.96. The number of hydrogen-bond acceptors (Lipinski definition) is 2. The van der Waals surface area contributed by atoms with Crippen LogP contribution in [-0.4, -0.2) is 8.42 Å². The fourth-order valence-electron chi connectivity index (χ4n) is 2.57. The summed E-state index contributed by atoms with van der Waals surface area (Å²) in [6, 6.07) is 17.2. The summed E-state index contributed by atoms with van der Waals surface area (Å²) in [6.07, 6.45) is 0.775. The van der Waals surface area contributed by atoms with E-state index >= 15 is 0 Å². The molecule has 0 radical (unpaired) electrons. The Morgan fingerprint density at radius 1 is 0.957 bits per heavy atom. The highest BCUT2D eigenvalue weighted by atomic mass is 32.2. The lowest BCUT2D eigenvalue weighted by Crippen LogP contribution is -2.30. The predicted molar refractivity (Wildman–Crippen MR) is 95.6 cm³/mol. The van der Waals surface area contributed by atoms with Crippen LogP contribution in [0.1, 0.15) is 43.0 Å². The van der Waals surface area contributed by atoms with Gasteiger partial charge in [0.15, 0.2) is 0 Å². The van der Waals surface area contributed by atoms with Crippen molar-refractivity contribution in [1.29, 1.82) is 0 Å². The van der Waals surface area contributed by atoms with Crippen molar-refractivity contribution in [3.63, 3.8) is 0 Å². The van der Waals surface area contributed by atoms with E-state index < -0.39 is 10.0 Å². The molecule has 2 aromatic carbocycles. The number of aryl methyl sites for hydroxylation is 1. The van der Waals surface area contributed by atoms with E-state index in [1.165, 1.54) is 0 Å². The van der Waals surface area contributed by atoms with Gasteiger partial charge in [-0.1, -0.05) is 74.0 Å². The maximum absolute atomic E-state index is 12.5. The van der Waals surface area contributed by atoms with Gasteiger partial charge < -0.3 is 0 Å². The molecule has 124 valence electrons. The first-order valence-corrected chi connectivity index (χ1v) is 9.61. The second-order valence-electron chi connectivity index (χ2n) is 6.46. The summed E-state index contributed by atoms with van der Waals surface area (Å²) in [5.41, 5.74) is 2.94. The average molecular weight is 331 g/mol. The van der Waals surface area contributed by atoms with E-state index in [1.807, 2.05) is 61.5 Å². The van der Waals surface area contributed by atoms with Crippen LogP contribution in [0.25, 0.3) is 0 Å². The maximum Gasteiger partial charge on any atom is 0.216 e. The summed E-state index contributed by atoms with van der Waals surface area (Å²) in [4.78, 5) is 0. The Kier molecular flexibility index (Phi) is 5.97. The van der Waals surface area contributed by atoms with Crippen LogP contribution in [-0.2, 0) is 15.8 Å². The minimum Gasteiger partial charge on any atom is -0.212 e. The predicted octanol–water partition coefficient (Wildman–Crippen LogP) is 4.20. The Labute approximate surface area is 139 Å². The molecule has 0 heterocycles. The van der Waals surface area contributed by atoms with Crippen LogP contribution in [0.5, 0.6) is 0 Å². The van der Waals surface area contributed by atoms with Gasteiger partial charge in [0, 0.05) is 6.04 Å². The molecule has 23 heavy (non-hydrogen) atoms. The molecule has 0 spiro atoms. The molecule has 0 aromatic heterocycles. The lowest BCUT2D eigenvalue weighted by atomic mass is 9.98. The van der Waals surface area contributed by atoms with Crippen molar-refractivity contribution in [3.8, 4) is 0 Å². The zero-order valence-corrected chi connectivity index (χ0v) is 14.8. The van der Waals surface area contributed by atoms with Gasteiger partial charge in [0.1, 0.15) is 0 Å². The first kappa shape index (κ1) is 17.7. The quantitative estimate of drug-likeness (QED) is 0.826. The van der Waals surface area contributed by atoms with E-state index in [-0.39, 0.29) is 11.8 Å². The Morgan fingerprint density at radius 3 is 2.13 bits per heavy atom. The molecule has 0 bridgehead atoms. The highest BCUT2D eigenvalue weighted by molar-refractivity contribution is 7.88. The van der Waals surface area contributed by atoms with Gasteiger partial charge in [-0.15, -0.1) is 0 Å². The van der Waals surface area contributed by atoms with E-state index in [1.54, 1.807) is 0 Å². The van der Waals surface area contributed by atoms with Gasteiger partial charge in [-0.3, -0.25) is 0 Å². The molecular weight excluding hydrogens is 306 g/mol. The van der Waals surface area contributed by atoms with Crippen LogP contribution >= 0.6 is 0 Å². The molecule has 0 aliphatic rings. The lowest BCUT2D eigenvalue weighted by Gasteiger charge is -2.21. The standard InChI is InChI=1S/C19H25NO2S/c1-15(2)13-19(18-7-5-4-6-8-18)20-23(21,22)14-17-11-9-16(3)10-12-17/h4-12,15,19-20H,13-14H2,1-3H3. The molecule has 1 atom stereocenters. The molecule has 2 aromatic rings. The summed E-state index contributed by atoms with van der Waals surface area (Å²) < 4.78 is 28.0. The van der Waals surface area contributed by atoms with E-state index in [9.17, 15) is 8.42 Å². The Morgan fingerprint density at radius 2 is 1.57 bits per heavy atom. The van der Waals surface area contributed by atoms with Crippen LogP contribution in [0.3, 0.4) is 0 Å². The minimum absolute atomic E-state index is 0.00864. The molecule has 0 saturated heterocycles. The van der Waals surface area contributed by atoms with Gasteiger partial charge in [-0.05, 0) is 30.4 Å². The molecule has 3 nitrogen and oxygen atoms in total. The third-order valence-corrected chi connectivity index (χ3v) is 5.07. The third kappa shape index (κ3) is 5.81. The zero-order valence-electron chi connectivity index (χ0n) is 14.0. The Bertz CT molecular complexity index is 707. The molecule has 0 aliphatic carbocycles. The van der Waals surface area contributed by atoms with Crippen LogP contribution in [0.2, 0.25) is 0 Å². The van der Waals surface area contributed by atoms with Gasteiger partial charge >= 0.3 is 0 Å². The second kappa shape index (κ2) is 7.75. The molecule has 0 aliphatic heterocycles. The van der Waals surface area contributed by atoms with Crippen molar-refractivity contribution < 1.29 is 8.42 Å². The van der Waals surface area contributed by atoms with Crippen LogP contribution < -0.4 is 4.72 Å². The molecule has 0 fully saturated rings. The topological polar surface area (TPSA) is 46.2 Å². The van der Waals surface area contributed by atoms with Crippen molar-refractivity contribution in [2.24, 2.45) is 5.92 Å². The van der Waals surface area contributed by atoms with E-state index in [4.69, 9.17) is 0 Å². The van der Waals surface area contributed by atoms with Crippen LogP contribution in [0.4, 0.5) is 0 Å². The minimum atomic E-state index is -3.39. The van der Waals surface area contributed by atoms with Gasteiger partial charge in [-0.25, -0.2) is 13.1 Å².